The minimum Gasteiger partial charge on any atom is -0.328 e. The van der Waals surface area contributed by atoms with Crippen molar-refractivity contribution in [3.63, 3.8) is 0 Å². The molecule has 1 aromatic rings. The van der Waals surface area contributed by atoms with Gasteiger partial charge >= 0.3 is 6.18 Å². The topological polar surface area (TPSA) is 72.2 Å². The monoisotopic (exact) mass is 310 g/mol. The van der Waals surface area contributed by atoms with E-state index in [1.165, 1.54) is 0 Å². The molecule has 0 aromatic heterocycles. The molecule has 114 valence electrons. The second-order valence-electron chi connectivity index (χ2n) is 4.76. The number of sulfonamides is 1. The van der Waals surface area contributed by atoms with Gasteiger partial charge in [0.2, 0.25) is 10.0 Å². The molecule has 0 heterocycles. The third kappa shape index (κ3) is 4.77. The third-order valence-electron chi connectivity index (χ3n) is 2.55. The Labute approximate surface area is 116 Å². The molecule has 0 bridgehead atoms. The molecular weight excluding hydrogens is 293 g/mol. The summed E-state index contributed by atoms with van der Waals surface area (Å²) in [4.78, 5) is -0.413. The van der Waals surface area contributed by atoms with Crippen LogP contribution in [0.4, 0.5) is 13.2 Å². The van der Waals surface area contributed by atoms with Crippen LogP contribution >= 0.6 is 0 Å². The van der Waals surface area contributed by atoms with Crippen molar-refractivity contribution >= 4 is 10.0 Å². The number of rotatable bonds is 5. The average molecular weight is 310 g/mol. The van der Waals surface area contributed by atoms with Crippen LogP contribution in [0.5, 0.6) is 0 Å². The molecule has 8 heteroatoms. The smallest absolute Gasteiger partial charge is 0.328 e. The molecule has 0 saturated carbocycles. The Morgan fingerprint density at radius 1 is 1.30 bits per heavy atom. The fourth-order valence-electron chi connectivity index (χ4n) is 1.78. The molecule has 3 N–H and O–H groups in total. The Hall–Kier alpha value is -1.12. The lowest BCUT2D eigenvalue weighted by atomic mass is 10.1. The first-order chi connectivity index (χ1) is 9.02. The first-order valence-corrected chi connectivity index (χ1v) is 7.46. The molecular formula is C12H17F3N2O2S. The summed E-state index contributed by atoms with van der Waals surface area (Å²) in [5, 5.41) is 0. The van der Waals surface area contributed by atoms with Gasteiger partial charge in [0.05, 0.1) is 10.5 Å². The number of alkyl halides is 3. The molecule has 0 amide bonds. The van der Waals surface area contributed by atoms with E-state index in [9.17, 15) is 21.6 Å². The van der Waals surface area contributed by atoms with Gasteiger partial charge in [-0.05, 0) is 38.5 Å². The quantitative estimate of drug-likeness (QED) is 0.875. The zero-order valence-electron chi connectivity index (χ0n) is 11.1. The van der Waals surface area contributed by atoms with Crippen molar-refractivity contribution in [3.8, 4) is 0 Å². The lowest BCUT2D eigenvalue weighted by molar-refractivity contribution is -0.137. The van der Waals surface area contributed by atoms with Gasteiger partial charge in [0.1, 0.15) is 0 Å². The predicted octanol–water partition coefficient (Wildman–Crippen LogP) is 2.11. The van der Waals surface area contributed by atoms with Gasteiger partial charge in [-0.15, -0.1) is 0 Å². The van der Waals surface area contributed by atoms with Gasteiger partial charge in [-0.3, -0.25) is 0 Å². The van der Waals surface area contributed by atoms with E-state index in [1.54, 1.807) is 13.8 Å². The van der Waals surface area contributed by atoms with Crippen LogP contribution in [0.25, 0.3) is 0 Å². The Morgan fingerprint density at radius 2 is 1.90 bits per heavy atom. The summed E-state index contributed by atoms with van der Waals surface area (Å²) in [5.41, 5.74) is 4.55. The van der Waals surface area contributed by atoms with Gasteiger partial charge in [-0.2, -0.15) is 13.2 Å². The lowest BCUT2D eigenvalue weighted by Gasteiger charge is -2.16. The summed E-state index contributed by atoms with van der Waals surface area (Å²) in [5.74, 6) is 0. The fourth-order valence-corrected chi connectivity index (χ4v) is 3.08. The summed E-state index contributed by atoms with van der Waals surface area (Å²) >= 11 is 0. The van der Waals surface area contributed by atoms with E-state index in [-0.39, 0.29) is 6.04 Å². The van der Waals surface area contributed by atoms with Gasteiger partial charge in [-0.25, -0.2) is 13.1 Å². The van der Waals surface area contributed by atoms with Crippen LogP contribution < -0.4 is 10.5 Å². The first kappa shape index (κ1) is 16.9. The van der Waals surface area contributed by atoms with E-state index in [4.69, 9.17) is 5.73 Å². The van der Waals surface area contributed by atoms with Gasteiger partial charge in [0.15, 0.2) is 0 Å². The molecule has 1 rings (SSSR count). The predicted molar refractivity (Wildman–Crippen MR) is 69.5 cm³/mol. The van der Waals surface area contributed by atoms with Crippen LogP contribution in [0.2, 0.25) is 0 Å². The van der Waals surface area contributed by atoms with Crippen molar-refractivity contribution in [3.05, 3.63) is 29.8 Å². The number of hydrogen-bond donors (Lipinski definition) is 2. The lowest BCUT2D eigenvalue weighted by Crippen LogP contribution is -2.36. The average Bonchev–Trinajstić information content (AvgIpc) is 2.26. The maximum absolute atomic E-state index is 12.6. The molecule has 0 aliphatic rings. The summed E-state index contributed by atoms with van der Waals surface area (Å²) < 4.78 is 64.0. The van der Waals surface area contributed by atoms with Crippen molar-refractivity contribution in [1.82, 2.24) is 4.72 Å². The standard InChI is InChI=1S/C12H17F3N2O2S/c1-8(16)6-9(2)17-20(18,19)11-5-3-4-10(7-11)12(13,14)15/h3-5,7-9,17H,6,16H2,1-2H3. The van der Waals surface area contributed by atoms with Gasteiger partial charge in [0, 0.05) is 12.1 Å². The molecule has 0 aliphatic carbocycles. The summed E-state index contributed by atoms with van der Waals surface area (Å²) in [6.07, 6.45) is -4.19. The molecule has 0 saturated heterocycles. The largest absolute Gasteiger partial charge is 0.416 e. The number of benzene rings is 1. The molecule has 20 heavy (non-hydrogen) atoms. The Kier molecular flexibility index (Phi) is 5.17. The van der Waals surface area contributed by atoms with Crippen LogP contribution in [-0.4, -0.2) is 20.5 Å². The molecule has 0 aliphatic heterocycles. The SMILES string of the molecule is CC(N)CC(C)NS(=O)(=O)c1cccc(C(F)(F)F)c1. The Morgan fingerprint density at radius 3 is 2.40 bits per heavy atom. The maximum atomic E-state index is 12.6. The van der Waals surface area contributed by atoms with E-state index in [0.717, 1.165) is 18.2 Å². The van der Waals surface area contributed by atoms with Crippen LogP contribution in [0, 0.1) is 0 Å². The first-order valence-electron chi connectivity index (χ1n) is 5.97. The molecule has 2 atom stereocenters. The normalized spacial score (nSPS) is 15.9. The highest BCUT2D eigenvalue weighted by Gasteiger charge is 2.31. The van der Waals surface area contributed by atoms with Crippen LogP contribution in [0.1, 0.15) is 25.8 Å². The summed E-state index contributed by atoms with van der Waals surface area (Å²) in [6, 6.07) is 2.94. The Balaban J connectivity index is 2.99. The molecule has 1 aromatic carbocycles. The second-order valence-corrected chi connectivity index (χ2v) is 6.47. The molecule has 0 fully saturated rings. The zero-order valence-corrected chi connectivity index (χ0v) is 11.9. The third-order valence-corrected chi connectivity index (χ3v) is 4.14. The van der Waals surface area contributed by atoms with E-state index in [0.29, 0.717) is 12.5 Å². The van der Waals surface area contributed by atoms with Crippen LogP contribution in [0.15, 0.2) is 29.2 Å². The van der Waals surface area contributed by atoms with E-state index >= 15 is 0 Å². The van der Waals surface area contributed by atoms with Crippen molar-refractivity contribution in [2.45, 2.75) is 43.4 Å². The highest BCUT2D eigenvalue weighted by Crippen LogP contribution is 2.30. The van der Waals surface area contributed by atoms with Crippen LogP contribution in [0.3, 0.4) is 0 Å². The van der Waals surface area contributed by atoms with E-state index < -0.39 is 32.7 Å². The summed E-state index contributed by atoms with van der Waals surface area (Å²) in [6.45, 7) is 3.32. The molecule has 0 spiro atoms. The highest BCUT2D eigenvalue weighted by atomic mass is 32.2. The van der Waals surface area contributed by atoms with Gasteiger partial charge < -0.3 is 5.73 Å². The van der Waals surface area contributed by atoms with E-state index in [1.807, 2.05) is 0 Å². The molecule has 2 unspecified atom stereocenters. The fraction of sp³-hybridized carbons (Fsp3) is 0.500. The minimum absolute atomic E-state index is 0.214. The van der Waals surface area contributed by atoms with Crippen molar-refractivity contribution in [2.24, 2.45) is 5.73 Å². The van der Waals surface area contributed by atoms with Crippen LogP contribution in [-0.2, 0) is 16.2 Å². The van der Waals surface area contributed by atoms with Gasteiger partial charge in [0.25, 0.3) is 0 Å². The Bertz CT molecular complexity index is 556. The van der Waals surface area contributed by atoms with Crippen molar-refractivity contribution in [2.75, 3.05) is 0 Å². The van der Waals surface area contributed by atoms with E-state index in [2.05, 4.69) is 4.72 Å². The molecule has 4 nitrogen and oxygen atoms in total. The number of nitrogens with one attached hydrogen (secondary N) is 1. The van der Waals surface area contributed by atoms with Crippen molar-refractivity contribution < 1.29 is 21.6 Å². The summed E-state index contributed by atoms with van der Waals surface area (Å²) in [7, 11) is -3.99. The second kappa shape index (κ2) is 6.11. The highest BCUT2D eigenvalue weighted by molar-refractivity contribution is 7.89. The molecule has 0 radical (unpaired) electrons. The van der Waals surface area contributed by atoms with Crippen molar-refractivity contribution in [1.29, 1.82) is 0 Å². The zero-order chi connectivity index (χ0) is 15.6. The number of hydrogen-bond acceptors (Lipinski definition) is 3. The number of halogens is 3. The van der Waals surface area contributed by atoms with Gasteiger partial charge in [-0.1, -0.05) is 6.07 Å². The maximum Gasteiger partial charge on any atom is 0.416 e. The minimum atomic E-state index is -4.58. The number of nitrogens with two attached hydrogens (primary N) is 1.